The lowest BCUT2D eigenvalue weighted by atomic mass is 9.96. The van der Waals surface area contributed by atoms with E-state index in [-0.39, 0.29) is 0 Å². The fourth-order valence-corrected chi connectivity index (χ4v) is 1.67. The van der Waals surface area contributed by atoms with E-state index in [1.165, 1.54) is 12.1 Å². The van der Waals surface area contributed by atoms with Gasteiger partial charge in [-0.15, -0.1) is 0 Å². The summed E-state index contributed by atoms with van der Waals surface area (Å²) in [5.41, 5.74) is 1.79. The van der Waals surface area contributed by atoms with Gasteiger partial charge in [0.25, 0.3) is 0 Å². The zero-order chi connectivity index (χ0) is 9.42. The molecule has 0 spiro atoms. The van der Waals surface area contributed by atoms with Gasteiger partial charge < -0.3 is 5.32 Å². The second kappa shape index (κ2) is 3.07. The van der Waals surface area contributed by atoms with Gasteiger partial charge in [-0.25, -0.2) is 8.78 Å². The minimum Gasteiger partial charge on any atom is -0.310 e. The molecule has 1 atom stereocenters. The first kappa shape index (κ1) is 8.63. The number of hydrogen-bond acceptors (Lipinski definition) is 1. The van der Waals surface area contributed by atoms with Crippen LogP contribution in [0.4, 0.5) is 8.78 Å². The Labute approximate surface area is 75.8 Å². The molecule has 1 aliphatic heterocycles. The SMILES string of the molecule is CC1Cc2cc(F)c(F)cc2CN1. The fraction of sp³-hybridized carbons (Fsp3) is 0.400. The van der Waals surface area contributed by atoms with E-state index in [1.807, 2.05) is 6.92 Å². The lowest BCUT2D eigenvalue weighted by Gasteiger charge is -2.23. The van der Waals surface area contributed by atoms with Crippen molar-refractivity contribution < 1.29 is 8.78 Å². The molecule has 1 aliphatic rings. The third-order valence-corrected chi connectivity index (χ3v) is 2.41. The van der Waals surface area contributed by atoms with Crippen LogP contribution in [0.2, 0.25) is 0 Å². The number of hydrogen-bond donors (Lipinski definition) is 1. The summed E-state index contributed by atoms with van der Waals surface area (Å²) in [5, 5.41) is 3.20. The zero-order valence-electron chi connectivity index (χ0n) is 7.40. The van der Waals surface area contributed by atoms with E-state index >= 15 is 0 Å². The average Bonchev–Trinajstić information content (AvgIpc) is 2.08. The fourth-order valence-electron chi connectivity index (χ4n) is 1.67. The summed E-state index contributed by atoms with van der Waals surface area (Å²) >= 11 is 0. The Morgan fingerprint density at radius 1 is 1.23 bits per heavy atom. The van der Waals surface area contributed by atoms with Crippen molar-refractivity contribution in [1.29, 1.82) is 0 Å². The van der Waals surface area contributed by atoms with Crippen LogP contribution in [-0.2, 0) is 13.0 Å². The molecule has 0 saturated carbocycles. The highest BCUT2D eigenvalue weighted by atomic mass is 19.2. The van der Waals surface area contributed by atoms with Crippen molar-refractivity contribution in [2.45, 2.75) is 25.9 Å². The highest BCUT2D eigenvalue weighted by molar-refractivity contribution is 5.31. The third kappa shape index (κ3) is 1.56. The molecular formula is C10H11F2N. The van der Waals surface area contributed by atoms with Crippen LogP contribution in [0, 0.1) is 11.6 Å². The Morgan fingerprint density at radius 3 is 2.54 bits per heavy atom. The highest BCUT2D eigenvalue weighted by Crippen LogP contribution is 2.19. The normalized spacial score (nSPS) is 21.3. The molecule has 0 radical (unpaired) electrons. The second-order valence-electron chi connectivity index (χ2n) is 3.52. The summed E-state index contributed by atoms with van der Waals surface area (Å²) in [5.74, 6) is -1.50. The maximum absolute atomic E-state index is 12.8. The largest absolute Gasteiger partial charge is 0.310 e. The van der Waals surface area contributed by atoms with Crippen LogP contribution < -0.4 is 5.32 Å². The van der Waals surface area contributed by atoms with E-state index in [0.717, 1.165) is 17.5 Å². The maximum Gasteiger partial charge on any atom is 0.159 e. The van der Waals surface area contributed by atoms with E-state index in [4.69, 9.17) is 0 Å². The molecule has 1 nitrogen and oxygen atoms in total. The Morgan fingerprint density at radius 2 is 1.85 bits per heavy atom. The lowest BCUT2D eigenvalue weighted by Crippen LogP contribution is -2.33. The van der Waals surface area contributed by atoms with Crippen molar-refractivity contribution >= 4 is 0 Å². The number of benzene rings is 1. The van der Waals surface area contributed by atoms with Gasteiger partial charge in [0.2, 0.25) is 0 Å². The predicted octanol–water partition coefficient (Wildman–Crippen LogP) is 2.00. The molecule has 0 saturated heterocycles. The summed E-state index contributed by atoms with van der Waals surface area (Å²) in [6.45, 7) is 2.66. The van der Waals surface area contributed by atoms with Gasteiger partial charge in [-0.05, 0) is 36.6 Å². The Hall–Kier alpha value is -0.960. The first-order chi connectivity index (χ1) is 6.16. The van der Waals surface area contributed by atoms with Gasteiger partial charge in [0.05, 0.1) is 0 Å². The van der Waals surface area contributed by atoms with E-state index in [9.17, 15) is 8.78 Å². The molecule has 1 heterocycles. The van der Waals surface area contributed by atoms with Gasteiger partial charge in [-0.2, -0.15) is 0 Å². The van der Waals surface area contributed by atoms with E-state index in [1.54, 1.807) is 0 Å². The summed E-state index contributed by atoms with van der Waals surface area (Å²) in [6.07, 6.45) is 0.770. The Kier molecular flexibility index (Phi) is 2.04. The zero-order valence-corrected chi connectivity index (χ0v) is 7.40. The molecule has 0 bridgehead atoms. The standard InChI is InChI=1S/C10H11F2N/c1-6-2-7-3-9(11)10(12)4-8(7)5-13-6/h3-4,6,13H,2,5H2,1H3. The second-order valence-corrected chi connectivity index (χ2v) is 3.52. The van der Waals surface area contributed by atoms with Crippen LogP contribution in [0.15, 0.2) is 12.1 Å². The van der Waals surface area contributed by atoms with Crippen molar-refractivity contribution in [3.8, 4) is 0 Å². The van der Waals surface area contributed by atoms with Gasteiger partial charge in [-0.1, -0.05) is 0 Å². The molecule has 0 amide bonds. The van der Waals surface area contributed by atoms with Crippen LogP contribution in [0.25, 0.3) is 0 Å². The molecule has 0 aliphatic carbocycles. The minimum absolute atomic E-state index is 0.345. The number of fused-ring (bicyclic) bond motifs is 1. The van der Waals surface area contributed by atoms with Gasteiger partial charge >= 0.3 is 0 Å². The first-order valence-electron chi connectivity index (χ1n) is 4.37. The average molecular weight is 183 g/mol. The maximum atomic E-state index is 12.8. The van der Waals surface area contributed by atoms with Crippen molar-refractivity contribution in [3.63, 3.8) is 0 Å². The Balaban J connectivity index is 2.43. The van der Waals surface area contributed by atoms with E-state index in [2.05, 4.69) is 5.32 Å². The van der Waals surface area contributed by atoms with Gasteiger partial charge in [0.1, 0.15) is 0 Å². The predicted molar refractivity (Wildman–Crippen MR) is 46.4 cm³/mol. The van der Waals surface area contributed by atoms with Crippen LogP contribution in [0.3, 0.4) is 0 Å². The third-order valence-electron chi connectivity index (χ3n) is 2.41. The van der Waals surface area contributed by atoms with E-state index < -0.39 is 11.6 Å². The van der Waals surface area contributed by atoms with Gasteiger partial charge in [-0.3, -0.25) is 0 Å². The van der Waals surface area contributed by atoms with Crippen LogP contribution >= 0.6 is 0 Å². The van der Waals surface area contributed by atoms with Crippen LogP contribution in [-0.4, -0.2) is 6.04 Å². The summed E-state index contributed by atoms with van der Waals surface area (Å²) in [6, 6.07) is 2.93. The topological polar surface area (TPSA) is 12.0 Å². The smallest absolute Gasteiger partial charge is 0.159 e. The molecule has 1 aromatic carbocycles. The summed E-state index contributed by atoms with van der Waals surface area (Å²) < 4.78 is 25.6. The molecule has 1 N–H and O–H groups in total. The first-order valence-corrected chi connectivity index (χ1v) is 4.37. The molecule has 0 aromatic heterocycles. The summed E-state index contributed by atoms with van der Waals surface area (Å²) in [4.78, 5) is 0. The molecule has 2 rings (SSSR count). The quantitative estimate of drug-likeness (QED) is 0.648. The summed E-state index contributed by atoms with van der Waals surface area (Å²) in [7, 11) is 0. The van der Waals surface area contributed by atoms with Gasteiger partial charge in [0.15, 0.2) is 11.6 Å². The van der Waals surface area contributed by atoms with Crippen molar-refractivity contribution in [3.05, 3.63) is 34.9 Å². The molecular weight excluding hydrogens is 172 g/mol. The molecule has 13 heavy (non-hydrogen) atoms. The molecule has 1 aromatic rings. The molecule has 3 heteroatoms. The van der Waals surface area contributed by atoms with Crippen LogP contribution in [0.5, 0.6) is 0 Å². The van der Waals surface area contributed by atoms with Crippen LogP contribution in [0.1, 0.15) is 18.1 Å². The van der Waals surface area contributed by atoms with Crippen molar-refractivity contribution in [2.24, 2.45) is 0 Å². The number of nitrogens with one attached hydrogen (secondary N) is 1. The molecule has 0 fully saturated rings. The molecule has 1 unspecified atom stereocenters. The number of halogens is 2. The van der Waals surface area contributed by atoms with Gasteiger partial charge in [0, 0.05) is 12.6 Å². The minimum atomic E-state index is -0.755. The van der Waals surface area contributed by atoms with Crippen molar-refractivity contribution in [2.75, 3.05) is 0 Å². The Bertz CT molecular complexity index is 336. The van der Waals surface area contributed by atoms with E-state index in [0.29, 0.717) is 12.6 Å². The van der Waals surface area contributed by atoms with Crippen molar-refractivity contribution in [1.82, 2.24) is 5.32 Å². The highest BCUT2D eigenvalue weighted by Gasteiger charge is 2.16. The number of rotatable bonds is 0. The monoisotopic (exact) mass is 183 g/mol. The molecule has 70 valence electrons. The lowest BCUT2D eigenvalue weighted by molar-refractivity contribution is 0.480.